The zero-order chi connectivity index (χ0) is 12.5. The van der Waals surface area contributed by atoms with Crippen LogP contribution in [0.1, 0.15) is 12.0 Å². The van der Waals surface area contributed by atoms with Gasteiger partial charge in [-0.2, -0.15) is 0 Å². The lowest BCUT2D eigenvalue weighted by atomic mass is 10.1. The quantitative estimate of drug-likeness (QED) is 0.657. The van der Waals surface area contributed by atoms with Gasteiger partial charge in [0.1, 0.15) is 0 Å². The van der Waals surface area contributed by atoms with E-state index in [1.54, 1.807) is 17.1 Å². The zero-order valence-electron chi connectivity index (χ0n) is 10.1. The van der Waals surface area contributed by atoms with E-state index in [1.807, 2.05) is 24.3 Å². The maximum atomic E-state index is 11.9. The van der Waals surface area contributed by atoms with E-state index in [1.165, 1.54) is 0 Å². The summed E-state index contributed by atoms with van der Waals surface area (Å²) in [5.74, 6) is 0.137. The van der Waals surface area contributed by atoms with E-state index < -0.39 is 0 Å². The van der Waals surface area contributed by atoms with Crippen LogP contribution in [0, 0.1) is 6.07 Å². The van der Waals surface area contributed by atoms with Crippen molar-refractivity contribution in [3.63, 3.8) is 0 Å². The van der Waals surface area contributed by atoms with Gasteiger partial charge in [-0.3, -0.25) is 4.79 Å². The topological polar surface area (TPSA) is 20.3 Å². The molecule has 0 spiro atoms. The molecule has 0 aliphatic heterocycles. The molecule has 1 amide bonds. The molecule has 1 rings (SSSR count). The number of rotatable bonds is 7. The summed E-state index contributed by atoms with van der Waals surface area (Å²) in [6.07, 6.45) is 4.75. The molecule has 0 aliphatic carbocycles. The number of carbonyl (C=O) groups excluding carboxylic acids is 1. The molecule has 2 heteroatoms. The third-order valence-corrected chi connectivity index (χ3v) is 2.47. The van der Waals surface area contributed by atoms with Crippen molar-refractivity contribution in [1.29, 1.82) is 0 Å². The van der Waals surface area contributed by atoms with Gasteiger partial charge in [0.05, 0.1) is 0 Å². The second-order valence-corrected chi connectivity index (χ2v) is 3.78. The minimum Gasteiger partial charge on any atom is -0.335 e. The van der Waals surface area contributed by atoms with Gasteiger partial charge in [-0.15, -0.1) is 13.2 Å². The Hall–Kier alpha value is -1.83. The largest absolute Gasteiger partial charge is 0.335 e. The van der Waals surface area contributed by atoms with Gasteiger partial charge < -0.3 is 4.90 Å². The lowest BCUT2D eigenvalue weighted by molar-refractivity contribution is -0.130. The molecular formula is C15H18NO. The highest BCUT2D eigenvalue weighted by Gasteiger charge is 2.09. The van der Waals surface area contributed by atoms with Crippen LogP contribution >= 0.6 is 0 Å². The summed E-state index contributed by atoms with van der Waals surface area (Å²) in [4.78, 5) is 13.7. The summed E-state index contributed by atoms with van der Waals surface area (Å²) in [5.41, 5.74) is 1.16. The maximum absolute atomic E-state index is 11.9. The van der Waals surface area contributed by atoms with E-state index in [9.17, 15) is 4.79 Å². The van der Waals surface area contributed by atoms with Crippen molar-refractivity contribution in [2.24, 2.45) is 0 Å². The normalized spacial score (nSPS) is 9.65. The van der Waals surface area contributed by atoms with Crippen molar-refractivity contribution in [2.75, 3.05) is 13.1 Å². The van der Waals surface area contributed by atoms with Crippen molar-refractivity contribution in [1.82, 2.24) is 4.90 Å². The molecule has 0 saturated carbocycles. The number of nitrogens with zero attached hydrogens (tertiary/aromatic N) is 1. The Morgan fingerprint density at radius 2 is 1.82 bits per heavy atom. The minimum atomic E-state index is 0.137. The molecule has 17 heavy (non-hydrogen) atoms. The third-order valence-electron chi connectivity index (χ3n) is 2.47. The van der Waals surface area contributed by atoms with Crippen LogP contribution in [0.5, 0.6) is 0 Å². The minimum absolute atomic E-state index is 0.137. The van der Waals surface area contributed by atoms with Crippen LogP contribution in [-0.4, -0.2) is 23.9 Å². The first-order valence-corrected chi connectivity index (χ1v) is 5.72. The van der Waals surface area contributed by atoms with Crippen LogP contribution in [0.3, 0.4) is 0 Å². The summed E-state index contributed by atoms with van der Waals surface area (Å²) >= 11 is 0. The Labute approximate surface area is 103 Å². The summed E-state index contributed by atoms with van der Waals surface area (Å²) in [5, 5.41) is 0. The number of amides is 1. The highest BCUT2D eigenvalue weighted by atomic mass is 16.2. The molecule has 2 nitrogen and oxygen atoms in total. The first kappa shape index (κ1) is 13.2. The third kappa shape index (κ3) is 4.68. The Morgan fingerprint density at radius 3 is 2.35 bits per heavy atom. The first-order valence-electron chi connectivity index (χ1n) is 5.72. The van der Waals surface area contributed by atoms with Gasteiger partial charge in [-0.25, -0.2) is 0 Å². The van der Waals surface area contributed by atoms with Gasteiger partial charge in [-0.05, 0) is 18.1 Å². The molecule has 0 atom stereocenters. The molecule has 0 aliphatic rings. The number of hydrogen-bond acceptors (Lipinski definition) is 1. The van der Waals surface area contributed by atoms with Crippen LogP contribution in [0.15, 0.2) is 49.6 Å². The standard InChI is InChI=1S/C15H18NO/c1-3-12-16(13-4-2)15(17)11-10-14-8-6-5-7-9-14/h3-4,6-9H,1-2,10-13H2. The second kappa shape index (κ2) is 7.44. The lowest BCUT2D eigenvalue weighted by Gasteiger charge is -2.19. The summed E-state index contributed by atoms with van der Waals surface area (Å²) in [6, 6.07) is 10.7. The first-order chi connectivity index (χ1) is 8.27. The van der Waals surface area contributed by atoms with Crippen molar-refractivity contribution < 1.29 is 4.79 Å². The summed E-state index contributed by atoms with van der Waals surface area (Å²) < 4.78 is 0. The molecule has 1 aromatic rings. The van der Waals surface area contributed by atoms with E-state index in [2.05, 4.69) is 19.2 Å². The zero-order valence-corrected chi connectivity index (χ0v) is 10.1. The van der Waals surface area contributed by atoms with E-state index in [0.717, 1.165) is 12.0 Å². The fraction of sp³-hybridized carbons (Fsp3) is 0.267. The van der Waals surface area contributed by atoms with Crippen LogP contribution in [0.25, 0.3) is 0 Å². The Morgan fingerprint density at radius 1 is 1.24 bits per heavy atom. The second-order valence-electron chi connectivity index (χ2n) is 3.78. The molecule has 0 aromatic heterocycles. The lowest BCUT2D eigenvalue weighted by Crippen LogP contribution is -2.31. The average Bonchev–Trinajstić information content (AvgIpc) is 2.37. The highest BCUT2D eigenvalue weighted by molar-refractivity contribution is 5.76. The van der Waals surface area contributed by atoms with E-state index >= 15 is 0 Å². The molecule has 1 radical (unpaired) electrons. The average molecular weight is 228 g/mol. The molecule has 1 aromatic carbocycles. The molecular weight excluding hydrogens is 210 g/mol. The van der Waals surface area contributed by atoms with Crippen LogP contribution in [0.4, 0.5) is 0 Å². The SMILES string of the molecule is C=CCN(CC=C)C(=O)CCc1cc[c]cc1. The van der Waals surface area contributed by atoms with Gasteiger partial charge in [0.2, 0.25) is 5.91 Å². The van der Waals surface area contributed by atoms with Gasteiger partial charge in [0, 0.05) is 19.5 Å². The smallest absolute Gasteiger partial charge is 0.223 e. The molecule has 0 saturated heterocycles. The fourth-order valence-corrected chi connectivity index (χ4v) is 1.59. The Bertz CT molecular complexity index is 360. The molecule has 0 fully saturated rings. The van der Waals surface area contributed by atoms with Gasteiger partial charge in [0.15, 0.2) is 0 Å². The van der Waals surface area contributed by atoms with Crippen LogP contribution < -0.4 is 0 Å². The van der Waals surface area contributed by atoms with Crippen LogP contribution in [-0.2, 0) is 11.2 Å². The highest BCUT2D eigenvalue weighted by Crippen LogP contribution is 2.04. The molecule has 0 N–H and O–H groups in total. The number of hydrogen-bond donors (Lipinski definition) is 0. The van der Waals surface area contributed by atoms with Crippen molar-refractivity contribution in [3.8, 4) is 0 Å². The van der Waals surface area contributed by atoms with Crippen molar-refractivity contribution >= 4 is 5.91 Å². The van der Waals surface area contributed by atoms with Crippen LogP contribution in [0.2, 0.25) is 0 Å². The Kier molecular flexibility index (Phi) is 5.80. The fourth-order valence-electron chi connectivity index (χ4n) is 1.59. The van der Waals surface area contributed by atoms with E-state index in [0.29, 0.717) is 19.5 Å². The van der Waals surface area contributed by atoms with Gasteiger partial charge >= 0.3 is 0 Å². The summed E-state index contributed by atoms with van der Waals surface area (Å²) in [6.45, 7) is 8.46. The van der Waals surface area contributed by atoms with Gasteiger partial charge in [0.25, 0.3) is 0 Å². The number of carbonyl (C=O) groups is 1. The van der Waals surface area contributed by atoms with E-state index in [-0.39, 0.29) is 5.91 Å². The Balaban J connectivity index is 2.46. The monoisotopic (exact) mass is 228 g/mol. The maximum Gasteiger partial charge on any atom is 0.223 e. The molecule has 0 bridgehead atoms. The van der Waals surface area contributed by atoms with E-state index in [4.69, 9.17) is 0 Å². The molecule has 0 unspecified atom stereocenters. The number of benzene rings is 1. The van der Waals surface area contributed by atoms with Crippen molar-refractivity contribution in [3.05, 3.63) is 61.2 Å². The van der Waals surface area contributed by atoms with Crippen molar-refractivity contribution in [2.45, 2.75) is 12.8 Å². The molecule has 89 valence electrons. The predicted octanol–water partition coefficient (Wildman–Crippen LogP) is 2.62. The number of aryl methyl sites for hydroxylation is 1. The molecule has 0 heterocycles. The summed E-state index contributed by atoms with van der Waals surface area (Å²) in [7, 11) is 0. The van der Waals surface area contributed by atoms with Gasteiger partial charge in [-0.1, -0.05) is 36.4 Å². The predicted molar refractivity (Wildman–Crippen MR) is 70.6 cm³/mol.